The fraction of sp³-hybridized carbons (Fsp3) is 0.594. The topological polar surface area (TPSA) is 158 Å². The van der Waals surface area contributed by atoms with Crippen LogP contribution >= 0.6 is 0 Å². The fourth-order valence-corrected chi connectivity index (χ4v) is 8.20. The average Bonchev–Trinajstić information content (AvgIpc) is 3.02. The van der Waals surface area contributed by atoms with Gasteiger partial charge >= 0.3 is 6.18 Å². The van der Waals surface area contributed by atoms with Crippen molar-refractivity contribution in [1.29, 1.82) is 0 Å². The minimum atomic E-state index is -4.30. The molecule has 0 spiro atoms. The van der Waals surface area contributed by atoms with E-state index in [1.54, 1.807) is 23.4 Å². The Morgan fingerprint density at radius 3 is 2.48 bits per heavy atom. The van der Waals surface area contributed by atoms with Crippen LogP contribution in [0.1, 0.15) is 60.9 Å². The predicted octanol–water partition coefficient (Wildman–Crippen LogP) is 2.79. The molecule has 3 aromatic rings. The van der Waals surface area contributed by atoms with Crippen LogP contribution in [0.2, 0.25) is 0 Å². The van der Waals surface area contributed by atoms with Crippen molar-refractivity contribution in [2.45, 2.75) is 83.2 Å². The molecule has 0 aromatic carbocycles. The van der Waals surface area contributed by atoms with Gasteiger partial charge in [0.25, 0.3) is 5.91 Å². The Morgan fingerprint density at radius 1 is 1.06 bits per heavy atom. The lowest BCUT2D eigenvalue weighted by Gasteiger charge is -2.54. The number of hydrogen-bond donors (Lipinski definition) is 3. The summed E-state index contributed by atoms with van der Waals surface area (Å²) in [4.78, 5) is 62.1. The molecule has 4 atom stereocenters. The molecule has 3 aromatic heterocycles. The van der Waals surface area contributed by atoms with Gasteiger partial charge in [-0.2, -0.15) is 13.2 Å². The van der Waals surface area contributed by atoms with Crippen LogP contribution in [0.25, 0.3) is 11.2 Å². The second kappa shape index (κ2) is 11.9. The summed E-state index contributed by atoms with van der Waals surface area (Å²) < 4.78 is 42.8. The number of rotatable bonds is 7. The number of hydrogen-bond acceptors (Lipinski definition) is 10. The summed E-state index contributed by atoms with van der Waals surface area (Å²) in [5.41, 5.74) is 1.09. The molecule has 256 valence electrons. The Kier molecular flexibility index (Phi) is 7.94. The van der Waals surface area contributed by atoms with Crippen molar-refractivity contribution < 1.29 is 27.9 Å². The lowest BCUT2D eigenvalue weighted by atomic mass is 9.57. The van der Waals surface area contributed by atoms with Crippen molar-refractivity contribution in [2.75, 3.05) is 30.4 Å². The Morgan fingerprint density at radius 2 is 1.81 bits per heavy atom. The molecule has 16 heteroatoms. The zero-order valence-electron chi connectivity index (χ0n) is 26.9. The lowest BCUT2D eigenvalue weighted by Crippen LogP contribution is -2.67. The van der Waals surface area contributed by atoms with Gasteiger partial charge in [0.2, 0.25) is 11.3 Å². The highest BCUT2D eigenvalue weighted by molar-refractivity contribution is 5.95. The highest BCUT2D eigenvalue weighted by atomic mass is 19.4. The number of carbonyl (C=O) groups excluding carboxylic acids is 2. The first kappa shape index (κ1) is 32.1. The standard InChI is InChI=1S/C32H38F3N9O4/c1-4-20-27(42-7-8-43(22-6-5-21(22)42)31(48)26-28(46)15(2)38-14-39-26)29(47)25-30(37-12-23(36-3)41-25)44(20)13-24(45)40-19-11-18(32(33,34)35)16-9-17(19)10-16/h12,14,16-19,21-22,46H,4-11,13H2,1-3H3,(H,36,41)(H,40,45)/t16?,17?,18?,19?,21-,22-/m1/s1. The van der Waals surface area contributed by atoms with E-state index in [0.717, 1.165) is 0 Å². The van der Waals surface area contributed by atoms with Crippen molar-refractivity contribution in [3.63, 3.8) is 0 Å². The predicted molar refractivity (Wildman–Crippen MR) is 169 cm³/mol. The van der Waals surface area contributed by atoms with Crippen LogP contribution in [0.15, 0.2) is 17.3 Å². The summed E-state index contributed by atoms with van der Waals surface area (Å²) in [7, 11) is 1.65. The zero-order chi connectivity index (χ0) is 34.1. The summed E-state index contributed by atoms with van der Waals surface area (Å²) >= 11 is 0. The van der Waals surface area contributed by atoms with Gasteiger partial charge in [-0.15, -0.1) is 0 Å². The van der Waals surface area contributed by atoms with E-state index in [1.165, 1.54) is 12.5 Å². The third kappa shape index (κ3) is 5.19. The van der Waals surface area contributed by atoms with Gasteiger partial charge in [0, 0.05) is 37.9 Å². The smallest absolute Gasteiger partial charge is 0.392 e. The molecule has 1 aliphatic heterocycles. The Balaban J connectivity index is 1.22. The Hall–Kier alpha value is -4.50. The molecule has 2 amide bonds. The van der Waals surface area contributed by atoms with Crippen molar-refractivity contribution in [1.82, 2.24) is 34.7 Å². The largest absolute Gasteiger partial charge is 0.504 e. The number of aryl methyl sites for hydroxylation is 1. The highest BCUT2D eigenvalue weighted by Crippen LogP contribution is 2.54. The number of aromatic hydroxyl groups is 1. The fourth-order valence-electron chi connectivity index (χ4n) is 8.20. The first-order valence-electron chi connectivity index (χ1n) is 16.5. The maximum atomic E-state index is 14.3. The molecular formula is C32H38F3N9O4. The van der Waals surface area contributed by atoms with E-state index in [2.05, 4.69) is 30.6 Å². The number of nitrogens with one attached hydrogen (secondary N) is 2. The normalized spacial score (nSPS) is 26.4. The molecule has 2 bridgehead atoms. The van der Waals surface area contributed by atoms with Gasteiger partial charge in [-0.05, 0) is 57.3 Å². The number of nitrogens with zero attached hydrogens (tertiary/aromatic N) is 7. The molecule has 2 unspecified atom stereocenters. The lowest BCUT2D eigenvalue weighted by molar-refractivity contribution is -0.220. The van der Waals surface area contributed by atoms with E-state index in [9.17, 15) is 32.7 Å². The Bertz CT molecular complexity index is 1840. The van der Waals surface area contributed by atoms with Crippen LogP contribution in [0.4, 0.5) is 24.7 Å². The summed E-state index contributed by atoms with van der Waals surface area (Å²) in [5.74, 6) is -2.54. The number of halogens is 3. The molecular weight excluding hydrogens is 631 g/mol. The van der Waals surface area contributed by atoms with E-state index >= 15 is 0 Å². The van der Waals surface area contributed by atoms with Crippen molar-refractivity contribution in [2.24, 2.45) is 17.8 Å². The molecule has 4 heterocycles. The third-order valence-corrected chi connectivity index (χ3v) is 10.9. The second-order valence-corrected chi connectivity index (χ2v) is 13.4. The molecule has 1 saturated heterocycles. The molecule has 5 fully saturated rings. The monoisotopic (exact) mass is 669 g/mol. The van der Waals surface area contributed by atoms with Crippen LogP contribution in [-0.2, 0) is 17.8 Å². The van der Waals surface area contributed by atoms with E-state index in [1.807, 2.05) is 11.8 Å². The molecule has 48 heavy (non-hydrogen) atoms. The summed E-state index contributed by atoms with van der Waals surface area (Å²) in [6.07, 6.45) is 0.925. The minimum absolute atomic E-state index is 0.0187. The molecule has 13 nitrogen and oxygen atoms in total. The number of carbonyl (C=O) groups is 2. The van der Waals surface area contributed by atoms with Crippen LogP contribution in [0.3, 0.4) is 0 Å². The van der Waals surface area contributed by atoms with Gasteiger partial charge < -0.3 is 30.1 Å². The molecule has 4 aliphatic carbocycles. The van der Waals surface area contributed by atoms with Crippen LogP contribution in [0, 0.1) is 24.7 Å². The first-order chi connectivity index (χ1) is 22.9. The van der Waals surface area contributed by atoms with Gasteiger partial charge in [-0.3, -0.25) is 14.4 Å². The number of piperazine rings is 1. The highest BCUT2D eigenvalue weighted by Gasteiger charge is 2.56. The third-order valence-electron chi connectivity index (χ3n) is 10.9. The van der Waals surface area contributed by atoms with Gasteiger partial charge in [-0.1, -0.05) is 6.92 Å². The molecule has 4 saturated carbocycles. The van der Waals surface area contributed by atoms with E-state index in [-0.39, 0.29) is 71.5 Å². The van der Waals surface area contributed by atoms with Crippen molar-refractivity contribution in [3.05, 3.63) is 39.8 Å². The Labute approximate surface area is 274 Å². The quantitative estimate of drug-likeness (QED) is 0.342. The van der Waals surface area contributed by atoms with Crippen LogP contribution in [-0.4, -0.2) is 90.8 Å². The summed E-state index contributed by atoms with van der Waals surface area (Å²) in [6, 6.07) is -1.03. The SMILES string of the molecule is CCc1c(N2CCN(C(=O)c3ncnc(C)c3O)[C@@H]3CC[C@H]32)c(=O)c2nc(NC)cnc2n1CC(=O)NC1CC(C(F)(F)F)C2CC1C2. The number of aromatic nitrogens is 5. The summed E-state index contributed by atoms with van der Waals surface area (Å²) in [5, 5.41) is 16.3. The maximum Gasteiger partial charge on any atom is 0.392 e. The van der Waals surface area contributed by atoms with Gasteiger partial charge in [0.15, 0.2) is 22.6 Å². The van der Waals surface area contributed by atoms with E-state index in [0.29, 0.717) is 61.5 Å². The minimum Gasteiger partial charge on any atom is -0.504 e. The first-order valence-corrected chi connectivity index (χ1v) is 16.5. The van der Waals surface area contributed by atoms with E-state index in [4.69, 9.17) is 0 Å². The second-order valence-electron chi connectivity index (χ2n) is 13.4. The van der Waals surface area contributed by atoms with Crippen molar-refractivity contribution in [3.8, 4) is 5.75 Å². The number of alkyl halides is 3. The zero-order valence-corrected chi connectivity index (χ0v) is 26.9. The van der Waals surface area contributed by atoms with Gasteiger partial charge in [0.1, 0.15) is 24.4 Å². The maximum absolute atomic E-state index is 14.3. The molecule has 8 rings (SSSR count). The van der Waals surface area contributed by atoms with Crippen molar-refractivity contribution >= 4 is 34.5 Å². The molecule has 0 radical (unpaired) electrons. The number of fused-ring (bicyclic) bond motifs is 4. The van der Waals surface area contributed by atoms with Gasteiger partial charge in [-0.25, -0.2) is 19.9 Å². The van der Waals surface area contributed by atoms with E-state index < -0.39 is 30.0 Å². The number of anilines is 2. The van der Waals surface area contributed by atoms with Crippen LogP contribution < -0.4 is 21.0 Å². The molecule has 5 aliphatic rings. The van der Waals surface area contributed by atoms with Gasteiger partial charge in [0.05, 0.1) is 23.9 Å². The average molecular weight is 670 g/mol. The van der Waals surface area contributed by atoms with Crippen LogP contribution in [0.5, 0.6) is 5.75 Å². The summed E-state index contributed by atoms with van der Waals surface area (Å²) in [6.45, 7) is 3.78. The molecule has 3 N–H and O–H groups in total. The number of pyridine rings is 1. The number of amides is 2.